The van der Waals surface area contributed by atoms with Crippen LogP contribution in [0.4, 0.5) is 13.6 Å². The van der Waals surface area contributed by atoms with E-state index < -0.39 is 30.2 Å². The molecule has 1 amide bonds. The first-order valence-corrected chi connectivity index (χ1v) is 9.26. The Balaban J connectivity index is 1.87. The largest absolute Gasteiger partial charge is 0.444 e. The van der Waals surface area contributed by atoms with E-state index in [1.807, 2.05) is 13.0 Å². The Hall–Kier alpha value is -1.70. The first kappa shape index (κ1) is 19.1. The fourth-order valence-electron chi connectivity index (χ4n) is 3.26. The average Bonchev–Trinajstić information content (AvgIpc) is 2.81. The normalized spacial score (nSPS) is 20.4. The second-order valence-electron chi connectivity index (χ2n) is 7.71. The summed E-state index contributed by atoms with van der Waals surface area (Å²) in [5.74, 6) is -3.08. The third-order valence-electron chi connectivity index (χ3n) is 4.38. The second-order valence-corrected chi connectivity index (χ2v) is 8.63. The van der Waals surface area contributed by atoms with Gasteiger partial charge in [-0.1, -0.05) is 0 Å². The van der Waals surface area contributed by atoms with Crippen LogP contribution in [-0.2, 0) is 4.74 Å². The molecule has 0 bridgehead atoms. The lowest BCUT2D eigenvalue weighted by Gasteiger charge is -2.39. The Kier molecular flexibility index (Phi) is 4.75. The molecule has 0 N–H and O–H groups in total. The highest BCUT2D eigenvalue weighted by Crippen LogP contribution is 2.39. The number of aryl methyl sites for hydroxylation is 1. The van der Waals surface area contributed by atoms with Crippen molar-refractivity contribution < 1.29 is 18.3 Å². The second kappa shape index (κ2) is 6.48. The van der Waals surface area contributed by atoms with Gasteiger partial charge in [-0.05, 0) is 61.7 Å². The summed E-state index contributed by atoms with van der Waals surface area (Å²) >= 11 is 3.36. The highest BCUT2D eigenvalue weighted by Gasteiger charge is 2.48. The zero-order valence-corrected chi connectivity index (χ0v) is 16.8. The van der Waals surface area contributed by atoms with Gasteiger partial charge in [0, 0.05) is 28.8 Å². The molecule has 0 saturated carbocycles. The van der Waals surface area contributed by atoms with Crippen molar-refractivity contribution in [1.82, 2.24) is 14.5 Å². The van der Waals surface area contributed by atoms with Crippen LogP contribution in [0.15, 0.2) is 22.9 Å². The third-order valence-corrected chi connectivity index (χ3v) is 4.82. The monoisotopic (exact) mass is 429 g/mol. The van der Waals surface area contributed by atoms with Gasteiger partial charge in [0.05, 0.1) is 6.54 Å². The lowest BCUT2D eigenvalue weighted by Crippen LogP contribution is -2.52. The summed E-state index contributed by atoms with van der Waals surface area (Å²) in [6.45, 7) is 6.57. The fraction of sp³-hybridized carbons (Fsp3) is 0.556. The number of hydrogen-bond acceptors (Lipinski definition) is 3. The lowest BCUT2D eigenvalue weighted by atomic mass is 10.0. The van der Waals surface area contributed by atoms with E-state index in [2.05, 4.69) is 20.9 Å². The number of amides is 1. The maximum Gasteiger partial charge on any atom is 0.410 e. The minimum atomic E-state index is -3.08. The van der Waals surface area contributed by atoms with E-state index in [0.717, 1.165) is 20.3 Å². The van der Waals surface area contributed by atoms with Gasteiger partial charge in [0.2, 0.25) is 0 Å². The highest BCUT2D eigenvalue weighted by molar-refractivity contribution is 9.10. The van der Waals surface area contributed by atoms with Crippen molar-refractivity contribution in [2.75, 3.05) is 13.1 Å². The van der Waals surface area contributed by atoms with Gasteiger partial charge in [-0.3, -0.25) is 0 Å². The van der Waals surface area contributed by atoms with E-state index in [0.29, 0.717) is 5.65 Å². The van der Waals surface area contributed by atoms with Crippen molar-refractivity contribution in [3.8, 4) is 0 Å². The number of nitrogens with zero attached hydrogens (tertiary/aromatic N) is 3. The molecule has 1 aliphatic rings. The van der Waals surface area contributed by atoms with Gasteiger partial charge in [-0.15, -0.1) is 0 Å². The number of aromatic nitrogens is 2. The standard InChI is InChI=1S/C18H22BrF2N3O2/c1-11-9-24(15-13(11)7-12(19)8-22-15)14-5-6-23(10-18(14,20)21)16(25)26-17(2,3)4/h7-9,14H,5-6,10H2,1-4H3/t14-/m1/s1. The predicted octanol–water partition coefficient (Wildman–Crippen LogP) is 4.92. The van der Waals surface area contributed by atoms with Crippen LogP contribution >= 0.6 is 15.9 Å². The number of likely N-dealkylation sites (tertiary alicyclic amines) is 1. The Bertz CT molecular complexity index is 845. The predicted molar refractivity (Wildman–Crippen MR) is 98.6 cm³/mol. The van der Waals surface area contributed by atoms with Gasteiger partial charge in [-0.2, -0.15) is 0 Å². The molecule has 0 unspecified atom stereocenters. The van der Waals surface area contributed by atoms with Crippen LogP contribution in [0, 0.1) is 6.92 Å². The smallest absolute Gasteiger partial charge is 0.410 e. The summed E-state index contributed by atoms with van der Waals surface area (Å²) in [6, 6.07) is 0.827. The van der Waals surface area contributed by atoms with E-state index in [4.69, 9.17) is 4.74 Å². The van der Waals surface area contributed by atoms with Crippen LogP contribution in [0.5, 0.6) is 0 Å². The number of ether oxygens (including phenoxy) is 1. The van der Waals surface area contributed by atoms with Gasteiger partial charge in [0.25, 0.3) is 5.92 Å². The first-order valence-electron chi connectivity index (χ1n) is 8.46. The number of hydrogen-bond donors (Lipinski definition) is 0. The van der Waals surface area contributed by atoms with E-state index in [-0.39, 0.29) is 13.0 Å². The molecule has 0 spiro atoms. The van der Waals surface area contributed by atoms with Crippen LogP contribution in [0.2, 0.25) is 0 Å². The van der Waals surface area contributed by atoms with Crippen molar-refractivity contribution in [3.63, 3.8) is 0 Å². The maximum absolute atomic E-state index is 14.9. The fourth-order valence-corrected chi connectivity index (χ4v) is 3.59. The Morgan fingerprint density at radius 1 is 1.42 bits per heavy atom. The number of alkyl halides is 2. The molecule has 1 aliphatic heterocycles. The number of halogens is 3. The summed E-state index contributed by atoms with van der Waals surface area (Å²) in [5.41, 5.74) is 0.703. The molecule has 1 atom stereocenters. The number of fused-ring (bicyclic) bond motifs is 1. The van der Waals surface area contributed by atoms with Crippen molar-refractivity contribution in [3.05, 3.63) is 28.5 Å². The first-order chi connectivity index (χ1) is 12.0. The molecule has 0 radical (unpaired) electrons. The zero-order chi connectivity index (χ0) is 19.3. The Morgan fingerprint density at radius 2 is 2.12 bits per heavy atom. The molecule has 3 heterocycles. The van der Waals surface area contributed by atoms with E-state index in [9.17, 15) is 13.6 Å². The van der Waals surface area contributed by atoms with Gasteiger partial charge in [0.1, 0.15) is 17.3 Å². The molecule has 2 aromatic rings. The molecule has 2 aromatic heterocycles. The molecule has 26 heavy (non-hydrogen) atoms. The molecular formula is C18H22BrF2N3O2. The number of rotatable bonds is 1. The molecule has 3 rings (SSSR count). The average molecular weight is 430 g/mol. The molecule has 0 aliphatic carbocycles. The number of carbonyl (C=O) groups excluding carboxylic acids is 1. The van der Waals surface area contributed by atoms with Gasteiger partial charge in [-0.25, -0.2) is 18.6 Å². The molecular weight excluding hydrogens is 408 g/mol. The van der Waals surface area contributed by atoms with Crippen LogP contribution in [0.3, 0.4) is 0 Å². The molecule has 1 fully saturated rings. The molecule has 142 valence electrons. The van der Waals surface area contributed by atoms with Crippen molar-refractivity contribution in [2.24, 2.45) is 0 Å². The number of pyridine rings is 1. The summed E-state index contributed by atoms with van der Waals surface area (Å²) in [4.78, 5) is 17.6. The summed E-state index contributed by atoms with van der Waals surface area (Å²) in [5, 5.41) is 0.838. The summed E-state index contributed by atoms with van der Waals surface area (Å²) in [7, 11) is 0. The van der Waals surface area contributed by atoms with E-state index in [1.54, 1.807) is 37.7 Å². The quantitative estimate of drug-likeness (QED) is 0.645. The Labute approximate surface area is 159 Å². The molecule has 5 nitrogen and oxygen atoms in total. The molecule has 8 heteroatoms. The van der Waals surface area contributed by atoms with Gasteiger partial charge < -0.3 is 14.2 Å². The minimum absolute atomic E-state index is 0.132. The third kappa shape index (κ3) is 3.70. The van der Waals surface area contributed by atoms with Crippen molar-refractivity contribution >= 4 is 33.1 Å². The highest BCUT2D eigenvalue weighted by atomic mass is 79.9. The van der Waals surface area contributed by atoms with Crippen molar-refractivity contribution in [2.45, 2.75) is 51.7 Å². The summed E-state index contributed by atoms with van der Waals surface area (Å²) < 4.78 is 37.4. The molecule has 1 saturated heterocycles. The van der Waals surface area contributed by atoms with Gasteiger partial charge >= 0.3 is 6.09 Å². The minimum Gasteiger partial charge on any atom is -0.444 e. The maximum atomic E-state index is 14.9. The number of piperidine rings is 1. The Morgan fingerprint density at radius 3 is 2.73 bits per heavy atom. The summed E-state index contributed by atoms with van der Waals surface area (Å²) in [6.07, 6.45) is 2.75. The van der Waals surface area contributed by atoms with Crippen LogP contribution in [0.1, 0.15) is 38.8 Å². The SMILES string of the molecule is Cc1cn([C@@H]2CCN(C(=O)OC(C)(C)C)CC2(F)F)c2ncc(Br)cc12. The van der Waals surface area contributed by atoms with Crippen molar-refractivity contribution in [1.29, 1.82) is 0 Å². The molecule has 0 aromatic carbocycles. The number of carbonyl (C=O) groups is 1. The lowest BCUT2D eigenvalue weighted by molar-refractivity contribution is -0.103. The van der Waals surface area contributed by atoms with E-state index >= 15 is 0 Å². The van der Waals surface area contributed by atoms with E-state index in [1.165, 1.54) is 0 Å². The van der Waals surface area contributed by atoms with Crippen LogP contribution in [0.25, 0.3) is 11.0 Å². The van der Waals surface area contributed by atoms with Crippen LogP contribution < -0.4 is 0 Å². The topological polar surface area (TPSA) is 47.4 Å². The van der Waals surface area contributed by atoms with Crippen LogP contribution in [-0.4, -0.2) is 45.2 Å². The zero-order valence-electron chi connectivity index (χ0n) is 15.2. The van der Waals surface area contributed by atoms with Gasteiger partial charge in [0.15, 0.2) is 0 Å².